The van der Waals surface area contributed by atoms with Crippen molar-refractivity contribution in [2.45, 2.75) is 104 Å². The Bertz CT molecular complexity index is 603. The molecule has 0 radical (unpaired) electrons. The van der Waals surface area contributed by atoms with Crippen molar-refractivity contribution in [3.8, 4) is 0 Å². The summed E-state index contributed by atoms with van der Waals surface area (Å²) in [6.07, 6.45) is 14.4. The van der Waals surface area contributed by atoms with Crippen LogP contribution in [0.1, 0.15) is 97.8 Å². The van der Waals surface area contributed by atoms with E-state index in [-0.39, 0.29) is 12.1 Å². The van der Waals surface area contributed by atoms with Crippen LogP contribution in [0.15, 0.2) is 0 Å². The van der Waals surface area contributed by atoms with Crippen LogP contribution in [0.5, 0.6) is 0 Å². The van der Waals surface area contributed by atoms with Gasteiger partial charge in [-0.1, -0.05) is 27.2 Å². The molecular formula is C26H44O3. The first-order valence-electron chi connectivity index (χ1n) is 12.5. The maximum Gasteiger partial charge on any atom is 0.305 e. The second-order valence-corrected chi connectivity index (χ2v) is 11.8. The Hall–Kier alpha value is -0.570. The summed E-state index contributed by atoms with van der Waals surface area (Å²) >= 11 is 0. The Labute approximate surface area is 178 Å². The Balaban J connectivity index is 1.51. The SMILES string of the molecule is COC(=O)CC[C@@H](C)[C@H]1CC[C@H]2[C@@H]3CCC[C@@H]4C[C@H](O)CC[C@]4(C)C3CC[C@]12C. The van der Waals surface area contributed by atoms with Crippen molar-refractivity contribution >= 4 is 5.97 Å². The van der Waals surface area contributed by atoms with E-state index in [1.807, 2.05) is 0 Å². The summed E-state index contributed by atoms with van der Waals surface area (Å²) in [4.78, 5) is 11.7. The van der Waals surface area contributed by atoms with E-state index in [0.29, 0.717) is 23.2 Å². The average Bonchev–Trinajstić information content (AvgIpc) is 2.98. The second-order valence-electron chi connectivity index (χ2n) is 11.8. The molecule has 0 spiro atoms. The van der Waals surface area contributed by atoms with Gasteiger partial charge in [0, 0.05) is 6.42 Å². The van der Waals surface area contributed by atoms with E-state index in [1.165, 1.54) is 58.5 Å². The van der Waals surface area contributed by atoms with Gasteiger partial charge >= 0.3 is 5.97 Å². The van der Waals surface area contributed by atoms with Gasteiger partial charge < -0.3 is 9.84 Å². The van der Waals surface area contributed by atoms with Crippen molar-refractivity contribution < 1.29 is 14.6 Å². The van der Waals surface area contributed by atoms with Crippen molar-refractivity contribution in [1.29, 1.82) is 0 Å². The Morgan fingerprint density at radius 1 is 1.03 bits per heavy atom. The molecule has 0 amide bonds. The zero-order valence-corrected chi connectivity index (χ0v) is 19.3. The third-order valence-electron chi connectivity index (χ3n) is 10.7. The molecule has 4 rings (SSSR count). The standard InChI is InChI=1S/C26H44O3/c1-17(8-11-24(28)29-4)21-9-10-22-20-7-5-6-18-16-19(27)12-14-25(18,2)23(20)13-15-26(21,22)3/h17-23,27H,5-16H2,1-4H3/t17-,18-,19-,20+,21-,22+,23?,25+,26-/m1/s1. The predicted molar refractivity (Wildman–Crippen MR) is 116 cm³/mol. The number of carbonyl (C=O) groups is 1. The number of aliphatic hydroxyl groups is 1. The van der Waals surface area contributed by atoms with Crippen LogP contribution in [0.3, 0.4) is 0 Å². The summed E-state index contributed by atoms with van der Waals surface area (Å²) in [6.45, 7) is 7.59. The van der Waals surface area contributed by atoms with Gasteiger partial charge in [-0.25, -0.2) is 0 Å². The van der Waals surface area contributed by atoms with Crippen LogP contribution in [0.2, 0.25) is 0 Å². The fourth-order valence-electron chi connectivity index (χ4n) is 9.07. The van der Waals surface area contributed by atoms with E-state index in [2.05, 4.69) is 20.8 Å². The lowest BCUT2D eigenvalue weighted by Gasteiger charge is -2.56. The lowest BCUT2D eigenvalue weighted by Crippen LogP contribution is -2.50. The smallest absolute Gasteiger partial charge is 0.305 e. The maximum absolute atomic E-state index is 11.7. The van der Waals surface area contributed by atoms with E-state index in [9.17, 15) is 9.90 Å². The number of carbonyl (C=O) groups excluding carboxylic acids is 1. The fourth-order valence-corrected chi connectivity index (χ4v) is 9.07. The molecule has 0 aliphatic heterocycles. The van der Waals surface area contributed by atoms with Crippen LogP contribution in [0.4, 0.5) is 0 Å². The van der Waals surface area contributed by atoms with E-state index < -0.39 is 0 Å². The molecule has 3 nitrogen and oxygen atoms in total. The van der Waals surface area contributed by atoms with Crippen LogP contribution in [-0.2, 0) is 9.53 Å². The Kier molecular flexibility index (Phi) is 6.10. The van der Waals surface area contributed by atoms with Gasteiger partial charge in [-0.15, -0.1) is 0 Å². The molecule has 29 heavy (non-hydrogen) atoms. The van der Waals surface area contributed by atoms with Crippen molar-refractivity contribution in [2.24, 2.45) is 46.3 Å². The Morgan fingerprint density at radius 2 is 1.76 bits per heavy atom. The summed E-state index contributed by atoms with van der Waals surface area (Å²) in [5, 5.41) is 10.3. The molecule has 0 aromatic heterocycles. The molecule has 4 aliphatic carbocycles. The number of esters is 1. The summed E-state index contributed by atoms with van der Waals surface area (Å²) in [5.74, 6) is 4.68. The summed E-state index contributed by atoms with van der Waals surface area (Å²) in [5.41, 5.74) is 0.914. The van der Waals surface area contributed by atoms with E-state index in [1.54, 1.807) is 0 Å². The first-order chi connectivity index (χ1) is 13.8. The second kappa shape index (κ2) is 8.17. The van der Waals surface area contributed by atoms with Gasteiger partial charge in [0.25, 0.3) is 0 Å². The third kappa shape index (κ3) is 3.68. The van der Waals surface area contributed by atoms with Crippen molar-refractivity contribution in [3.63, 3.8) is 0 Å². The number of rotatable bonds is 4. The highest BCUT2D eigenvalue weighted by Gasteiger charge is 2.59. The number of hydrogen-bond donors (Lipinski definition) is 1. The highest BCUT2D eigenvalue weighted by Crippen LogP contribution is 2.67. The molecule has 4 aliphatic rings. The zero-order chi connectivity index (χ0) is 20.8. The normalized spacial score (nSPS) is 48.0. The summed E-state index contributed by atoms with van der Waals surface area (Å²) in [6, 6.07) is 0. The van der Waals surface area contributed by atoms with Crippen molar-refractivity contribution in [2.75, 3.05) is 7.11 Å². The maximum atomic E-state index is 11.7. The lowest BCUT2D eigenvalue weighted by atomic mass is 9.49. The monoisotopic (exact) mass is 404 g/mol. The molecule has 3 heteroatoms. The van der Waals surface area contributed by atoms with E-state index in [4.69, 9.17) is 4.74 Å². The lowest BCUT2D eigenvalue weighted by molar-refractivity contribution is -0.141. The Morgan fingerprint density at radius 3 is 2.52 bits per heavy atom. The molecule has 0 saturated heterocycles. The first kappa shape index (κ1) is 21.7. The highest BCUT2D eigenvalue weighted by molar-refractivity contribution is 5.69. The highest BCUT2D eigenvalue weighted by atomic mass is 16.5. The molecule has 0 bridgehead atoms. The third-order valence-corrected chi connectivity index (χ3v) is 10.7. The quantitative estimate of drug-likeness (QED) is 0.586. The minimum Gasteiger partial charge on any atom is -0.469 e. The molecular weight excluding hydrogens is 360 g/mol. The molecule has 4 saturated carbocycles. The van der Waals surface area contributed by atoms with Crippen LogP contribution in [0.25, 0.3) is 0 Å². The van der Waals surface area contributed by atoms with Crippen molar-refractivity contribution in [1.82, 2.24) is 0 Å². The minimum atomic E-state index is -0.0533. The summed E-state index contributed by atoms with van der Waals surface area (Å²) in [7, 11) is 1.51. The predicted octanol–water partition coefficient (Wildman–Crippen LogP) is 5.99. The van der Waals surface area contributed by atoms with Gasteiger partial charge in [-0.3, -0.25) is 4.79 Å². The molecule has 0 aromatic rings. The van der Waals surface area contributed by atoms with Crippen LogP contribution >= 0.6 is 0 Å². The molecule has 9 atom stereocenters. The number of ether oxygens (including phenoxy) is 1. The van der Waals surface area contributed by atoms with Crippen LogP contribution in [-0.4, -0.2) is 24.3 Å². The van der Waals surface area contributed by atoms with Gasteiger partial charge in [0.2, 0.25) is 0 Å². The number of fused-ring (bicyclic) bond motifs is 5. The average molecular weight is 405 g/mol. The molecule has 0 heterocycles. The molecule has 1 N–H and O–H groups in total. The minimum absolute atomic E-state index is 0.0509. The number of methoxy groups -OCH3 is 1. The van der Waals surface area contributed by atoms with Gasteiger partial charge in [0.05, 0.1) is 13.2 Å². The topological polar surface area (TPSA) is 46.5 Å². The largest absolute Gasteiger partial charge is 0.469 e. The molecule has 0 aromatic carbocycles. The number of aliphatic hydroxyl groups excluding tert-OH is 1. The van der Waals surface area contributed by atoms with Gasteiger partial charge in [0.15, 0.2) is 0 Å². The fraction of sp³-hybridized carbons (Fsp3) is 0.962. The van der Waals surface area contributed by atoms with Gasteiger partial charge in [-0.05, 0) is 111 Å². The summed E-state index contributed by atoms with van der Waals surface area (Å²) < 4.78 is 4.89. The van der Waals surface area contributed by atoms with Crippen molar-refractivity contribution in [3.05, 3.63) is 0 Å². The van der Waals surface area contributed by atoms with Crippen LogP contribution < -0.4 is 0 Å². The molecule has 1 unspecified atom stereocenters. The van der Waals surface area contributed by atoms with Crippen LogP contribution in [0, 0.1) is 46.3 Å². The van der Waals surface area contributed by atoms with E-state index in [0.717, 1.165) is 48.9 Å². The molecule has 4 fully saturated rings. The molecule has 166 valence electrons. The zero-order valence-electron chi connectivity index (χ0n) is 19.3. The van der Waals surface area contributed by atoms with Gasteiger partial charge in [0.1, 0.15) is 0 Å². The van der Waals surface area contributed by atoms with Gasteiger partial charge in [-0.2, -0.15) is 0 Å². The number of hydrogen-bond acceptors (Lipinski definition) is 3. The van der Waals surface area contributed by atoms with E-state index >= 15 is 0 Å². The first-order valence-corrected chi connectivity index (χ1v) is 12.5.